The lowest BCUT2D eigenvalue weighted by molar-refractivity contribution is 0.0951. The maximum Gasteiger partial charge on any atom is 0.251 e. The molecular weight excluding hydrogens is 360 g/mol. The van der Waals surface area contributed by atoms with Gasteiger partial charge in [0.25, 0.3) is 5.91 Å². The molecule has 5 heteroatoms. The van der Waals surface area contributed by atoms with E-state index in [0.717, 1.165) is 35.0 Å². The van der Waals surface area contributed by atoms with Crippen molar-refractivity contribution < 1.29 is 4.79 Å². The highest BCUT2D eigenvalue weighted by Crippen LogP contribution is 2.20. The minimum atomic E-state index is -0.0112. The third-order valence-corrected chi connectivity index (χ3v) is 4.04. The van der Waals surface area contributed by atoms with Crippen LogP contribution < -0.4 is 10.6 Å². The van der Waals surface area contributed by atoms with Gasteiger partial charge in [0.1, 0.15) is 0 Å². The topological polar surface area (TPSA) is 41.1 Å². The van der Waals surface area contributed by atoms with Crippen molar-refractivity contribution in [2.45, 2.75) is 12.8 Å². The van der Waals surface area contributed by atoms with Crippen LogP contribution in [-0.2, 0) is 0 Å². The second-order valence-electron chi connectivity index (χ2n) is 4.56. The summed E-state index contributed by atoms with van der Waals surface area (Å²) in [6, 6.07) is 5.58. The van der Waals surface area contributed by atoms with Crippen molar-refractivity contribution in [1.82, 2.24) is 10.6 Å². The Morgan fingerprint density at radius 2 is 2.06 bits per heavy atom. The van der Waals surface area contributed by atoms with Crippen molar-refractivity contribution in [2.24, 2.45) is 5.92 Å². The first kappa shape index (κ1) is 14.0. The second kappa shape index (κ2) is 6.68. The normalized spacial score (nSPS) is 18.9. The fourth-order valence-electron chi connectivity index (χ4n) is 2.14. The lowest BCUT2D eigenvalue weighted by Crippen LogP contribution is -2.26. The molecule has 0 bridgehead atoms. The number of hydrogen-bond acceptors (Lipinski definition) is 2. The van der Waals surface area contributed by atoms with E-state index in [9.17, 15) is 4.79 Å². The predicted molar refractivity (Wildman–Crippen MR) is 79.8 cm³/mol. The molecule has 1 aliphatic heterocycles. The van der Waals surface area contributed by atoms with Crippen molar-refractivity contribution in [3.63, 3.8) is 0 Å². The molecule has 1 atom stereocenters. The molecule has 0 spiro atoms. The molecule has 98 valence electrons. The fraction of sp³-hybridized carbons (Fsp3) is 0.462. The standard InChI is InChI=1S/C13H16Br2N2O/c14-11-5-10(6-12(15)7-11)13(18)17-4-2-9-1-3-16-8-9/h5-7,9,16H,1-4,8H2,(H,17,18). The Bertz CT molecular complexity index is 411. The molecule has 0 aliphatic carbocycles. The second-order valence-corrected chi connectivity index (χ2v) is 6.39. The molecule has 1 aliphatic rings. The van der Waals surface area contributed by atoms with Crippen LogP contribution in [-0.4, -0.2) is 25.5 Å². The Labute approximate surface area is 124 Å². The lowest BCUT2D eigenvalue weighted by atomic mass is 10.1. The average molecular weight is 376 g/mol. The molecular formula is C13H16Br2N2O. The molecule has 0 aromatic heterocycles. The van der Waals surface area contributed by atoms with Crippen LogP contribution >= 0.6 is 31.9 Å². The van der Waals surface area contributed by atoms with E-state index in [1.807, 2.05) is 18.2 Å². The molecule has 3 nitrogen and oxygen atoms in total. The molecule has 1 amide bonds. The van der Waals surface area contributed by atoms with E-state index in [1.54, 1.807) is 0 Å². The predicted octanol–water partition coefficient (Wildman–Crippen LogP) is 2.94. The monoisotopic (exact) mass is 374 g/mol. The van der Waals surface area contributed by atoms with Crippen molar-refractivity contribution in [2.75, 3.05) is 19.6 Å². The summed E-state index contributed by atoms with van der Waals surface area (Å²) in [5, 5.41) is 6.30. The van der Waals surface area contributed by atoms with Gasteiger partial charge in [-0.15, -0.1) is 0 Å². The Kier molecular flexibility index (Phi) is 5.21. The van der Waals surface area contributed by atoms with Gasteiger partial charge in [-0.25, -0.2) is 0 Å². The van der Waals surface area contributed by atoms with Gasteiger partial charge in [0.05, 0.1) is 0 Å². The van der Waals surface area contributed by atoms with E-state index in [0.29, 0.717) is 11.5 Å². The fourth-order valence-corrected chi connectivity index (χ4v) is 3.43. The van der Waals surface area contributed by atoms with E-state index in [-0.39, 0.29) is 5.91 Å². The van der Waals surface area contributed by atoms with Crippen LogP contribution in [0.2, 0.25) is 0 Å². The lowest BCUT2D eigenvalue weighted by Gasteiger charge is -2.09. The van der Waals surface area contributed by atoms with Gasteiger partial charge >= 0.3 is 0 Å². The van der Waals surface area contributed by atoms with Crippen LogP contribution in [0.4, 0.5) is 0 Å². The Morgan fingerprint density at radius 1 is 1.33 bits per heavy atom. The van der Waals surface area contributed by atoms with Crippen LogP contribution in [0.1, 0.15) is 23.2 Å². The molecule has 1 unspecified atom stereocenters. The number of carbonyl (C=O) groups excluding carboxylic acids is 1. The van der Waals surface area contributed by atoms with Gasteiger partial charge in [0.15, 0.2) is 0 Å². The summed E-state index contributed by atoms with van der Waals surface area (Å²) in [5.74, 6) is 0.697. The Morgan fingerprint density at radius 3 is 2.67 bits per heavy atom. The zero-order valence-electron chi connectivity index (χ0n) is 10.0. The van der Waals surface area contributed by atoms with Crippen LogP contribution in [0.15, 0.2) is 27.1 Å². The van der Waals surface area contributed by atoms with Gasteiger partial charge in [-0.05, 0) is 50.0 Å². The number of nitrogens with one attached hydrogen (secondary N) is 2. The minimum Gasteiger partial charge on any atom is -0.352 e. The van der Waals surface area contributed by atoms with Crippen LogP contribution in [0.25, 0.3) is 0 Å². The number of rotatable bonds is 4. The summed E-state index contributed by atoms with van der Waals surface area (Å²) in [5.41, 5.74) is 0.681. The summed E-state index contributed by atoms with van der Waals surface area (Å²) in [6.45, 7) is 2.94. The SMILES string of the molecule is O=C(NCCC1CCNC1)c1cc(Br)cc(Br)c1. The molecule has 0 saturated carbocycles. The summed E-state index contributed by atoms with van der Waals surface area (Å²) in [4.78, 5) is 12.0. The molecule has 2 N–H and O–H groups in total. The highest BCUT2D eigenvalue weighted by Gasteiger charge is 2.14. The van der Waals surface area contributed by atoms with E-state index < -0.39 is 0 Å². The van der Waals surface area contributed by atoms with Gasteiger partial charge in [-0.2, -0.15) is 0 Å². The van der Waals surface area contributed by atoms with Gasteiger partial charge in [0, 0.05) is 21.1 Å². The number of benzene rings is 1. The van der Waals surface area contributed by atoms with E-state index in [2.05, 4.69) is 42.5 Å². The first-order valence-electron chi connectivity index (χ1n) is 6.10. The zero-order chi connectivity index (χ0) is 13.0. The van der Waals surface area contributed by atoms with Gasteiger partial charge in [-0.1, -0.05) is 31.9 Å². The van der Waals surface area contributed by atoms with E-state index in [1.165, 1.54) is 6.42 Å². The number of carbonyl (C=O) groups is 1. The van der Waals surface area contributed by atoms with Crippen molar-refractivity contribution in [1.29, 1.82) is 0 Å². The summed E-state index contributed by atoms with van der Waals surface area (Å²) >= 11 is 6.77. The number of halogens is 2. The largest absolute Gasteiger partial charge is 0.352 e. The van der Waals surface area contributed by atoms with Crippen LogP contribution in [0, 0.1) is 5.92 Å². The third kappa shape index (κ3) is 4.07. The summed E-state index contributed by atoms with van der Waals surface area (Å²) in [7, 11) is 0. The van der Waals surface area contributed by atoms with Gasteiger partial charge in [-0.3, -0.25) is 4.79 Å². The first-order valence-corrected chi connectivity index (χ1v) is 7.69. The van der Waals surface area contributed by atoms with Crippen molar-refractivity contribution >= 4 is 37.8 Å². The molecule has 1 saturated heterocycles. The number of amides is 1. The van der Waals surface area contributed by atoms with E-state index >= 15 is 0 Å². The average Bonchev–Trinajstić information content (AvgIpc) is 2.80. The van der Waals surface area contributed by atoms with Crippen molar-refractivity contribution in [3.8, 4) is 0 Å². The smallest absolute Gasteiger partial charge is 0.251 e. The maximum atomic E-state index is 12.0. The van der Waals surface area contributed by atoms with E-state index in [4.69, 9.17) is 0 Å². The Hall–Kier alpha value is -0.390. The van der Waals surface area contributed by atoms with Crippen molar-refractivity contribution in [3.05, 3.63) is 32.7 Å². The van der Waals surface area contributed by atoms with Gasteiger partial charge < -0.3 is 10.6 Å². The molecule has 2 rings (SSSR count). The zero-order valence-corrected chi connectivity index (χ0v) is 13.2. The molecule has 1 heterocycles. The first-order chi connectivity index (χ1) is 8.65. The maximum absolute atomic E-state index is 12.0. The highest BCUT2D eigenvalue weighted by atomic mass is 79.9. The van der Waals surface area contributed by atoms with Gasteiger partial charge in [0.2, 0.25) is 0 Å². The molecule has 1 fully saturated rings. The highest BCUT2D eigenvalue weighted by molar-refractivity contribution is 9.11. The third-order valence-electron chi connectivity index (χ3n) is 3.13. The Balaban J connectivity index is 1.83. The minimum absolute atomic E-state index is 0.0112. The number of hydrogen-bond donors (Lipinski definition) is 2. The summed E-state index contributed by atoms with van der Waals surface area (Å²) in [6.07, 6.45) is 2.27. The van der Waals surface area contributed by atoms with Crippen LogP contribution in [0.3, 0.4) is 0 Å². The molecule has 18 heavy (non-hydrogen) atoms. The summed E-state index contributed by atoms with van der Waals surface area (Å²) < 4.78 is 1.81. The quantitative estimate of drug-likeness (QED) is 0.849. The molecule has 1 aromatic rings. The molecule has 1 aromatic carbocycles. The van der Waals surface area contributed by atoms with Crippen LogP contribution in [0.5, 0.6) is 0 Å². The molecule has 0 radical (unpaired) electrons.